The summed E-state index contributed by atoms with van der Waals surface area (Å²) in [5.74, 6) is 0.204. The van der Waals surface area contributed by atoms with Gasteiger partial charge in [-0.15, -0.1) is 0 Å². The summed E-state index contributed by atoms with van der Waals surface area (Å²) in [5, 5.41) is 6.60. The molecule has 1 aliphatic carbocycles. The molecule has 5 rings (SSSR count). The van der Waals surface area contributed by atoms with Crippen LogP contribution in [0.2, 0.25) is 5.02 Å². The average molecular weight is 436 g/mol. The quantitative estimate of drug-likeness (QED) is 0.460. The SMILES string of the molecule is O=C(NC1CC1)c1ccc(-c2cnc3c(NCc4ccc(F)cc4)nccn23)cc1Cl. The van der Waals surface area contributed by atoms with E-state index in [1.54, 1.807) is 36.7 Å². The standard InChI is InChI=1S/C23H19ClFN5O/c24-19-11-15(3-8-18(19)23(31)29-17-6-7-17)20-13-28-22-21(26-9-10-30(20)22)27-12-14-1-4-16(25)5-2-14/h1-5,8-11,13,17H,6-7,12H2,(H,26,27)(H,29,31). The van der Waals surface area contributed by atoms with E-state index in [0.717, 1.165) is 29.7 Å². The minimum atomic E-state index is -0.267. The van der Waals surface area contributed by atoms with Crippen molar-refractivity contribution in [3.63, 3.8) is 0 Å². The van der Waals surface area contributed by atoms with Gasteiger partial charge in [0.15, 0.2) is 11.5 Å². The zero-order valence-electron chi connectivity index (χ0n) is 16.5. The fraction of sp³-hybridized carbons (Fsp3) is 0.174. The second-order valence-electron chi connectivity index (χ2n) is 7.54. The van der Waals surface area contributed by atoms with Crippen molar-refractivity contribution in [3.05, 3.63) is 83.0 Å². The van der Waals surface area contributed by atoms with Crippen LogP contribution in [0.25, 0.3) is 16.9 Å². The van der Waals surface area contributed by atoms with Gasteiger partial charge in [0.05, 0.1) is 22.5 Å². The Morgan fingerprint density at radius 3 is 2.71 bits per heavy atom. The summed E-state index contributed by atoms with van der Waals surface area (Å²) >= 11 is 6.41. The lowest BCUT2D eigenvalue weighted by molar-refractivity contribution is 0.0951. The number of benzene rings is 2. The molecule has 0 bridgehead atoms. The predicted molar refractivity (Wildman–Crippen MR) is 118 cm³/mol. The molecular weight excluding hydrogens is 417 g/mol. The number of imidazole rings is 1. The van der Waals surface area contributed by atoms with Crippen molar-refractivity contribution in [2.24, 2.45) is 0 Å². The van der Waals surface area contributed by atoms with Gasteiger partial charge in [-0.1, -0.05) is 29.8 Å². The lowest BCUT2D eigenvalue weighted by Crippen LogP contribution is -2.25. The summed E-state index contributed by atoms with van der Waals surface area (Å²) < 4.78 is 15.0. The number of amides is 1. The number of aromatic nitrogens is 3. The smallest absolute Gasteiger partial charge is 0.253 e. The minimum absolute atomic E-state index is 0.145. The van der Waals surface area contributed by atoms with Crippen LogP contribution < -0.4 is 10.6 Å². The maximum absolute atomic E-state index is 13.1. The fourth-order valence-corrected chi connectivity index (χ4v) is 3.66. The van der Waals surface area contributed by atoms with Crippen molar-refractivity contribution in [2.45, 2.75) is 25.4 Å². The van der Waals surface area contributed by atoms with Crippen molar-refractivity contribution >= 4 is 29.0 Å². The van der Waals surface area contributed by atoms with Gasteiger partial charge < -0.3 is 10.6 Å². The van der Waals surface area contributed by atoms with E-state index in [4.69, 9.17) is 11.6 Å². The van der Waals surface area contributed by atoms with Gasteiger partial charge in [-0.05, 0) is 42.7 Å². The Hall–Kier alpha value is -3.45. The van der Waals surface area contributed by atoms with E-state index in [9.17, 15) is 9.18 Å². The molecule has 0 radical (unpaired) electrons. The van der Waals surface area contributed by atoms with Gasteiger partial charge in [0.2, 0.25) is 0 Å². The second-order valence-corrected chi connectivity index (χ2v) is 7.94. The van der Waals surface area contributed by atoms with Crippen molar-refractivity contribution in [2.75, 3.05) is 5.32 Å². The first-order valence-electron chi connectivity index (χ1n) is 9.99. The van der Waals surface area contributed by atoms with E-state index < -0.39 is 0 Å². The van der Waals surface area contributed by atoms with Crippen LogP contribution in [-0.4, -0.2) is 26.3 Å². The third-order valence-corrected chi connectivity index (χ3v) is 5.54. The summed E-state index contributed by atoms with van der Waals surface area (Å²) in [6, 6.07) is 12.0. The minimum Gasteiger partial charge on any atom is -0.363 e. The van der Waals surface area contributed by atoms with Crippen LogP contribution >= 0.6 is 11.6 Å². The molecule has 8 heteroatoms. The molecular formula is C23H19ClFN5O. The largest absolute Gasteiger partial charge is 0.363 e. The number of anilines is 1. The van der Waals surface area contributed by atoms with E-state index in [2.05, 4.69) is 20.6 Å². The number of hydrogen-bond acceptors (Lipinski definition) is 4. The molecule has 1 fully saturated rings. The molecule has 2 aromatic carbocycles. The number of carbonyl (C=O) groups excluding carboxylic acids is 1. The third-order valence-electron chi connectivity index (χ3n) is 5.22. The Kier molecular flexibility index (Phi) is 5.03. The molecule has 6 nitrogen and oxygen atoms in total. The molecule has 1 amide bonds. The predicted octanol–water partition coefficient (Wildman–Crippen LogP) is 4.69. The molecule has 0 spiro atoms. The van der Waals surface area contributed by atoms with Crippen molar-refractivity contribution in [3.8, 4) is 11.3 Å². The molecule has 2 N–H and O–H groups in total. The molecule has 2 aromatic heterocycles. The second kappa shape index (κ2) is 8.00. The van der Waals surface area contributed by atoms with Crippen LogP contribution in [0, 0.1) is 5.82 Å². The van der Waals surface area contributed by atoms with Crippen LogP contribution in [0.4, 0.5) is 10.2 Å². The number of halogens is 2. The van der Waals surface area contributed by atoms with Crippen molar-refractivity contribution in [1.29, 1.82) is 0 Å². The molecule has 1 aliphatic rings. The highest BCUT2D eigenvalue weighted by atomic mass is 35.5. The number of hydrogen-bond donors (Lipinski definition) is 2. The Balaban J connectivity index is 1.40. The topological polar surface area (TPSA) is 71.3 Å². The van der Waals surface area contributed by atoms with Crippen LogP contribution in [-0.2, 0) is 6.54 Å². The molecule has 0 atom stereocenters. The number of nitrogens with one attached hydrogen (secondary N) is 2. The monoisotopic (exact) mass is 435 g/mol. The Bertz CT molecular complexity index is 1270. The first-order chi connectivity index (χ1) is 15.1. The molecule has 4 aromatic rings. The van der Waals surface area contributed by atoms with E-state index in [0.29, 0.717) is 28.6 Å². The van der Waals surface area contributed by atoms with E-state index in [-0.39, 0.29) is 17.8 Å². The molecule has 0 aliphatic heterocycles. The molecule has 2 heterocycles. The summed E-state index contributed by atoms with van der Waals surface area (Å²) in [6.45, 7) is 0.492. The summed E-state index contributed by atoms with van der Waals surface area (Å²) in [7, 11) is 0. The zero-order chi connectivity index (χ0) is 21.4. The van der Waals surface area contributed by atoms with Gasteiger partial charge >= 0.3 is 0 Å². The Morgan fingerprint density at radius 2 is 1.97 bits per heavy atom. The summed E-state index contributed by atoms with van der Waals surface area (Å²) in [5.41, 5.74) is 3.74. The highest BCUT2D eigenvalue weighted by Crippen LogP contribution is 2.28. The van der Waals surface area contributed by atoms with Gasteiger partial charge in [0.1, 0.15) is 5.82 Å². The van der Waals surface area contributed by atoms with Gasteiger partial charge in [0.25, 0.3) is 5.91 Å². The van der Waals surface area contributed by atoms with Crippen molar-refractivity contribution in [1.82, 2.24) is 19.7 Å². The molecule has 0 unspecified atom stereocenters. The third kappa shape index (κ3) is 4.09. The van der Waals surface area contributed by atoms with Crippen LogP contribution in [0.3, 0.4) is 0 Å². The molecule has 31 heavy (non-hydrogen) atoms. The number of nitrogens with zero attached hydrogens (tertiary/aromatic N) is 3. The number of rotatable bonds is 6. The molecule has 0 saturated heterocycles. The molecule has 156 valence electrons. The highest BCUT2D eigenvalue weighted by Gasteiger charge is 2.25. The van der Waals surface area contributed by atoms with Gasteiger partial charge in [-0.3, -0.25) is 9.20 Å². The summed E-state index contributed by atoms with van der Waals surface area (Å²) in [4.78, 5) is 21.2. The van der Waals surface area contributed by atoms with Gasteiger partial charge in [-0.25, -0.2) is 14.4 Å². The average Bonchev–Trinajstić information content (AvgIpc) is 3.47. The van der Waals surface area contributed by atoms with E-state index in [1.807, 2.05) is 16.7 Å². The summed E-state index contributed by atoms with van der Waals surface area (Å²) in [6.07, 6.45) is 7.30. The Labute approximate surface area is 183 Å². The van der Waals surface area contributed by atoms with Crippen LogP contribution in [0.5, 0.6) is 0 Å². The normalized spacial score (nSPS) is 13.4. The maximum atomic E-state index is 13.1. The number of fused-ring (bicyclic) bond motifs is 1. The van der Waals surface area contributed by atoms with E-state index >= 15 is 0 Å². The zero-order valence-corrected chi connectivity index (χ0v) is 17.2. The first-order valence-corrected chi connectivity index (χ1v) is 10.4. The molecule has 1 saturated carbocycles. The highest BCUT2D eigenvalue weighted by molar-refractivity contribution is 6.34. The lowest BCUT2D eigenvalue weighted by Gasteiger charge is -2.09. The first kappa shape index (κ1) is 19.5. The fourth-order valence-electron chi connectivity index (χ4n) is 3.39. The van der Waals surface area contributed by atoms with Gasteiger partial charge in [0, 0.05) is 30.5 Å². The van der Waals surface area contributed by atoms with Crippen LogP contribution in [0.15, 0.2) is 61.1 Å². The lowest BCUT2D eigenvalue weighted by atomic mass is 10.1. The van der Waals surface area contributed by atoms with E-state index in [1.165, 1.54) is 12.1 Å². The Morgan fingerprint density at radius 1 is 1.16 bits per heavy atom. The van der Waals surface area contributed by atoms with Crippen molar-refractivity contribution < 1.29 is 9.18 Å². The van der Waals surface area contributed by atoms with Crippen LogP contribution in [0.1, 0.15) is 28.8 Å². The number of carbonyl (C=O) groups is 1. The van der Waals surface area contributed by atoms with Gasteiger partial charge in [-0.2, -0.15) is 0 Å². The maximum Gasteiger partial charge on any atom is 0.253 e.